The van der Waals surface area contributed by atoms with Crippen LogP contribution in [0.2, 0.25) is 0 Å². The third kappa shape index (κ3) is 2.19. The van der Waals surface area contributed by atoms with Crippen molar-refractivity contribution in [1.29, 1.82) is 0 Å². The third-order valence-corrected chi connectivity index (χ3v) is 8.31. The van der Waals surface area contributed by atoms with Crippen LogP contribution in [-0.4, -0.2) is 17.0 Å². The summed E-state index contributed by atoms with van der Waals surface area (Å²) in [5.74, 6) is 0.900. The monoisotopic (exact) mass is 323 g/mol. The third-order valence-electron chi connectivity index (χ3n) is 8.31. The first-order valence-electron chi connectivity index (χ1n) is 11.9. The zero-order valence-corrected chi connectivity index (χ0v) is 14.7. The Bertz CT molecular complexity index is 692. The molecule has 130 valence electrons. The smallest absolute Gasteiger partial charge is 0.133 e. The van der Waals surface area contributed by atoms with E-state index >= 15 is 0 Å². The Morgan fingerprint density at radius 3 is 2.57 bits per heavy atom. The van der Waals surface area contributed by atoms with Crippen molar-refractivity contribution in [2.45, 2.75) is 84.5 Å². The van der Waals surface area contributed by atoms with Crippen LogP contribution in [0.3, 0.4) is 0 Å². The molecule has 4 rings (SSSR count). The van der Waals surface area contributed by atoms with Crippen LogP contribution in [0, 0.1) is 40.4 Å². The highest BCUT2D eigenvalue weighted by molar-refractivity contribution is 5.79. The Balaban J connectivity index is 1.72. The van der Waals surface area contributed by atoms with E-state index in [9.17, 15) is 9.90 Å². The minimum Gasteiger partial charge on any atom is -0.393 e. The first kappa shape index (κ1) is 11.3. The Morgan fingerprint density at radius 2 is 1.83 bits per heavy atom. The molecule has 0 heterocycles. The number of carbonyl (C=O) groups is 1. The average molecular weight is 324 g/mol. The summed E-state index contributed by atoms with van der Waals surface area (Å²) in [6.07, 6.45) is -2.04. The maximum Gasteiger partial charge on any atom is 0.133 e. The largest absolute Gasteiger partial charge is 0.393 e. The number of Topliss-reactive ketones (excluding diaryl/α,β-unsaturated/α-hetero) is 1. The first-order valence-corrected chi connectivity index (χ1v) is 9.43. The van der Waals surface area contributed by atoms with Gasteiger partial charge in [-0.3, -0.25) is 4.79 Å². The Labute approximate surface area is 148 Å². The van der Waals surface area contributed by atoms with Gasteiger partial charge in [-0.25, -0.2) is 0 Å². The molecule has 1 N–H and O–H groups in total. The second-order valence-corrected chi connectivity index (χ2v) is 9.14. The van der Waals surface area contributed by atoms with Gasteiger partial charge in [0.1, 0.15) is 5.78 Å². The number of hydrogen-bond donors (Lipinski definition) is 1. The van der Waals surface area contributed by atoms with Gasteiger partial charge in [0.15, 0.2) is 0 Å². The van der Waals surface area contributed by atoms with Crippen LogP contribution in [0.5, 0.6) is 0 Å². The molecule has 0 aromatic rings. The minimum absolute atomic E-state index is 0.0130. The maximum absolute atomic E-state index is 12.3. The standard InChI is InChI=1S/C21H34O2/c1-13(22)17-6-7-18-16-5-4-14-12-15(23)8-10-20(14,2)19(16)9-11-21(17,18)3/h14-19,23H,4-12H2,1-3H3/t14-,15+,16-,17+,18-,19-,20-,21+/m0/s1/i8D2,12D2,15D. The molecule has 23 heavy (non-hydrogen) atoms. The topological polar surface area (TPSA) is 37.3 Å². The summed E-state index contributed by atoms with van der Waals surface area (Å²) in [5, 5.41) is 10.5. The molecule has 2 nitrogen and oxygen atoms in total. The van der Waals surface area contributed by atoms with Crippen molar-refractivity contribution in [3.8, 4) is 0 Å². The molecule has 4 aliphatic rings. The molecule has 0 spiro atoms. The fourth-order valence-corrected chi connectivity index (χ4v) is 7.11. The summed E-state index contributed by atoms with van der Waals surface area (Å²) in [7, 11) is 0. The number of rotatable bonds is 1. The zero-order valence-electron chi connectivity index (χ0n) is 19.7. The van der Waals surface area contributed by atoms with Gasteiger partial charge in [0.25, 0.3) is 0 Å². The van der Waals surface area contributed by atoms with Crippen molar-refractivity contribution in [3.63, 3.8) is 0 Å². The van der Waals surface area contributed by atoms with E-state index in [1.807, 2.05) is 6.92 Å². The summed E-state index contributed by atoms with van der Waals surface area (Å²) >= 11 is 0. The molecule has 0 unspecified atom stereocenters. The highest BCUT2D eigenvalue weighted by atomic mass is 16.3. The van der Waals surface area contributed by atoms with E-state index in [2.05, 4.69) is 6.92 Å². The lowest BCUT2D eigenvalue weighted by molar-refractivity contribution is -0.138. The predicted molar refractivity (Wildman–Crippen MR) is 91.9 cm³/mol. The molecular formula is C21H34O2. The maximum atomic E-state index is 12.3. The van der Waals surface area contributed by atoms with Gasteiger partial charge in [0.05, 0.1) is 7.45 Å². The average Bonchev–Trinajstić information content (AvgIpc) is 2.90. The first-order chi connectivity index (χ1) is 12.7. The molecule has 0 radical (unpaired) electrons. The second kappa shape index (κ2) is 5.31. The van der Waals surface area contributed by atoms with Gasteiger partial charge in [-0.05, 0) is 99.1 Å². The van der Waals surface area contributed by atoms with Gasteiger partial charge in [0, 0.05) is 11.4 Å². The lowest BCUT2D eigenvalue weighted by Crippen LogP contribution is -2.54. The highest BCUT2D eigenvalue weighted by Gasteiger charge is 2.60. The minimum atomic E-state index is -2.73. The summed E-state index contributed by atoms with van der Waals surface area (Å²) in [4.78, 5) is 12.3. The van der Waals surface area contributed by atoms with Crippen molar-refractivity contribution < 1.29 is 16.8 Å². The van der Waals surface area contributed by atoms with Gasteiger partial charge >= 0.3 is 0 Å². The van der Waals surface area contributed by atoms with Crippen molar-refractivity contribution in [2.75, 3.05) is 0 Å². The van der Waals surface area contributed by atoms with Gasteiger partial charge in [0.2, 0.25) is 0 Å². The fraction of sp³-hybridized carbons (Fsp3) is 0.952. The van der Waals surface area contributed by atoms with E-state index in [0.717, 1.165) is 32.1 Å². The Hall–Kier alpha value is -0.370. The van der Waals surface area contributed by atoms with E-state index in [4.69, 9.17) is 6.85 Å². The van der Waals surface area contributed by atoms with E-state index in [1.54, 1.807) is 6.92 Å². The number of carbonyl (C=O) groups excluding carboxylic acids is 1. The lowest BCUT2D eigenvalue weighted by atomic mass is 9.44. The quantitative estimate of drug-likeness (QED) is 0.766. The Kier molecular flexibility index (Phi) is 2.61. The van der Waals surface area contributed by atoms with Gasteiger partial charge in [-0.15, -0.1) is 0 Å². The van der Waals surface area contributed by atoms with E-state index < -0.39 is 30.2 Å². The van der Waals surface area contributed by atoms with Gasteiger partial charge < -0.3 is 5.11 Å². The van der Waals surface area contributed by atoms with Crippen molar-refractivity contribution in [1.82, 2.24) is 0 Å². The Morgan fingerprint density at radius 1 is 1.09 bits per heavy atom. The lowest BCUT2D eigenvalue weighted by Gasteiger charge is -2.60. The molecule has 2 heteroatoms. The number of ketones is 1. The predicted octanol–water partition coefficient (Wildman–Crippen LogP) is 4.60. The SMILES string of the molecule is [2H]C1([2H])C[C@]2(C)[C@H]3CC[C@]4(C)[C@@H](C(C)=O)CC[C@H]4[C@@H]3CC[C@H]2C([2H])([2H])[C@]1([2H])O. The van der Waals surface area contributed by atoms with Gasteiger partial charge in [-0.1, -0.05) is 13.8 Å². The fourth-order valence-electron chi connectivity index (χ4n) is 7.11. The number of fused-ring (bicyclic) bond motifs is 5. The van der Waals surface area contributed by atoms with E-state index in [0.29, 0.717) is 18.3 Å². The normalized spacial score (nSPS) is 66.4. The molecule has 4 saturated carbocycles. The summed E-state index contributed by atoms with van der Waals surface area (Å²) in [6, 6.07) is 0. The molecule has 4 fully saturated rings. The van der Waals surface area contributed by atoms with Crippen molar-refractivity contribution in [2.24, 2.45) is 40.4 Å². The van der Waals surface area contributed by atoms with Crippen molar-refractivity contribution >= 4 is 5.78 Å². The molecule has 0 aliphatic heterocycles. The summed E-state index contributed by atoms with van der Waals surface area (Å²) < 4.78 is 42.0. The molecule has 0 aromatic carbocycles. The molecular weight excluding hydrogens is 284 g/mol. The molecule has 0 amide bonds. The van der Waals surface area contributed by atoms with Crippen LogP contribution in [0.25, 0.3) is 0 Å². The highest BCUT2D eigenvalue weighted by Crippen LogP contribution is 2.67. The van der Waals surface area contributed by atoms with E-state index in [1.165, 1.54) is 0 Å². The van der Waals surface area contributed by atoms with Crippen LogP contribution in [0.4, 0.5) is 0 Å². The van der Waals surface area contributed by atoms with Crippen LogP contribution < -0.4 is 0 Å². The molecule has 0 aromatic heterocycles. The summed E-state index contributed by atoms with van der Waals surface area (Å²) in [5.41, 5.74) is -0.558. The number of hydrogen-bond acceptors (Lipinski definition) is 2. The molecule has 0 bridgehead atoms. The van der Waals surface area contributed by atoms with Crippen LogP contribution >= 0.6 is 0 Å². The van der Waals surface area contributed by atoms with Crippen LogP contribution in [-0.2, 0) is 4.79 Å². The zero-order chi connectivity index (χ0) is 20.9. The van der Waals surface area contributed by atoms with E-state index in [-0.39, 0.29) is 29.5 Å². The van der Waals surface area contributed by atoms with Crippen molar-refractivity contribution in [3.05, 3.63) is 0 Å². The second-order valence-electron chi connectivity index (χ2n) is 9.14. The molecule has 8 atom stereocenters. The van der Waals surface area contributed by atoms with Crippen LogP contribution in [0.15, 0.2) is 0 Å². The van der Waals surface area contributed by atoms with Gasteiger partial charge in [-0.2, -0.15) is 0 Å². The molecule has 4 aliphatic carbocycles. The molecule has 0 saturated heterocycles. The van der Waals surface area contributed by atoms with Crippen LogP contribution in [0.1, 0.15) is 85.3 Å². The summed E-state index contributed by atoms with van der Waals surface area (Å²) in [6.45, 7) is 5.99. The number of aliphatic hydroxyl groups is 1.